The van der Waals surface area contributed by atoms with E-state index in [0.29, 0.717) is 0 Å². The Hall–Kier alpha value is -0.0400. The molecule has 0 aliphatic rings. The van der Waals surface area contributed by atoms with Gasteiger partial charge in [-0.2, -0.15) is 0 Å². The molecule has 0 heterocycles. The van der Waals surface area contributed by atoms with Gasteiger partial charge < -0.3 is 4.48 Å². The third-order valence-corrected chi connectivity index (χ3v) is 3.50. The SMILES string of the molecule is CCC[N+](C(C)C)(C(C)C)C(C)C. The number of nitrogens with zero attached hydrogens (tertiary/aromatic N) is 1. The van der Waals surface area contributed by atoms with Gasteiger partial charge in [0.05, 0.1) is 24.7 Å². The molecule has 0 radical (unpaired) electrons. The van der Waals surface area contributed by atoms with Gasteiger partial charge in [0.25, 0.3) is 0 Å². The topological polar surface area (TPSA) is 0 Å². The Morgan fingerprint density at radius 1 is 0.769 bits per heavy atom. The molecule has 0 aromatic heterocycles. The van der Waals surface area contributed by atoms with Gasteiger partial charge in [-0.3, -0.25) is 0 Å². The van der Waals surface area contributed by atoms with E-state index in [1.165, 1.54) is 17.4 Å². The normalized spacial score (nSPS) is 13.4. The molecular formula is C12H28N+. The Morgan fingerprint density at radius 3 is 1.15 bits per heavy atom. The van der Waals surface area contributed by atoms with Crippen LogP contribution in [-0.4, -0.2) is 29.2 Å². The van der Waals surface area contributed by atoms with Crippen LogP contribution in [0, 0.1) is 0 Å². The number of hydrogen-bond acceptors (Lipinski definition) is 0. The minimum absolute atomic E-state index is 0.736. The molecule has 0 atom stereocenters. The van der Waals surface area contributed by atoms with Gasteiger partial charge in [-0.05, 0) is 48.0 Å². The van der Waals surface area contributed by atoms with Gasteiger partial charge in [0.2, 0.25) is 0 Å². The van der Waals surface area contributed by atoms with Crippen LogP contribution in [0.5, 0.6) is 0 Å². The van der Waals surface area contributed by atoms with E-state index >= 15 is 0 Å². The number of hydrogen-bond donors (Lipinski definition) is 0. The van der Waals surface area contributed by atoms with Crippen LogP contribution in [0.4, 0.5) is 0 Å². The molecule has 0 rings (SSSR count). The van der Waals surface area contributed by atoms with Crippen molar-refractivity contribution in [1.82, 2.24) is 0 Å². The lowest BCUT2D eigenvalue weighted by molar-refractivity contribution is -0.985. The molecule has 0 saturated carbocycles. The van der Waals surface area contributed by atoms with Gasteiger partial charge in [0.1, 0.15) is 0 Å². The first kappa shape index (κ1) is 13.0. The lowest BCUT2D eigenvalue weighted by atomic mass is 10.0. The summed E-state index contributed by atoms with van der Waals surface area (Å²) in [4.78, 5) is 0. The fourth-order valence-electron chi connectivity index (χ4n) is 2.95. The molecule has 0 amide bonds. The summed E-state index contributed by atoms with van der Waals surface area (Å²) in [6.45, 7) is 17.7. The third-order valence-electron chi connectivity index (χ3n) is 3.50. The van der Waals surface area contributed by atoms with Crippen molar-refractivity contribution in [2.45, 2.75) is 73.0 Å². The lowest BCUT2D eigenvalue weighted by Crippen LogP contribution is -2.62. The van der Waals surface area contributed by atoms with Crippen molar-refractivity contribution in [3.63, 3.8) is 0 Å². The molecule has 0 saturated heterocycles. The van der Waals surface area contributed by atoms with Gasteiger partial charge >= 0.3 is 0 Å². The Labute approximate surface area is 84.7 Å². The van der Waals surface area contributed by atoms with Crippen LogP contribution in [0.15, 0.2) is 0 Å². The summed E-state index contributed by atoms with van der Waals surface area (Å²) in [6, 6.07) is 2.21. The molecule has 0 fully saturated rings. The van der Waals surface area contributed by atoms with E-state index in [1.54, 1.807) is 0 Å². The van der Waals surface area contributed by atoms with E-state index in [0.717, 1.165) is 18.1 Å². The second-order valence-electron chi connectivity index (χ2n) is 5.00. The summed E-state index contributed by atoms with van der Waals surface area (Å²) < 4.78 is 1.26. The molecule has 1 heteroatoms. The highest BCUT2D eigenvalue weighted by atomic mass is 15.4. The van der Waals surface area contributed by atoms with E-state index in [9.17, 15) is 0 Å². The molecule has 0 spiro atoms. The molecule has 0 aliphatic carbocycles. The van der Waals surface area contributed by atoms with Gasteiger partial charge in [-0.15, -0.1) is 0 Å². The van der Waals surface area contributed by atoms with E-state index in [1.807, 2.05) is 0 Å². The van der Waals surface area contributed by atoms with Crippen molar-refractivity contribution < 1.29 is 4.48 Å². The maximum atomic E-state index is 2.36. The smallest absolute Gasteiger partial charge is 0.0837 e. The largest absolute Gasteiger partial charge is 0.318 e. The van der Waals surface area contributed by atoms with Crippen LogP contribution < -0.4 is 0 Å². The van der Waals surface area contributed by atoms with Crippen molar-refractivity contribution in [3.05, 3.63) is 0 Å². The summed E-state index contributed by atoms with van der Waals surface area (Å²) in [5, 5.41) is 0. The Bertz CT molecular complexity index is 114. The molecule has 0 N–H and O–H groups in total. The maximum Gasteiger partial charge on any atom is 0.0837 e. The first-order valence-electron chi connectivity index (χ1n) is 5.76. The number of rotatable bonds is 5. The van der Waals surface area contributed by atoms with Crippen molar-refractivity contribution in [2.75, 3.05) is 6.54 Å². The number of quaternary nitrogens is 1. The zero-order valence-electron chi connectivity index (χ0n) is 10.6. The molecule has 13 heavy (non-hydrogen) atoms. The second-order valence-corrected chi connectivity index (χ2v) is 5.00. The van der Waals surface area contributed by atoms with E-state index in [4.69, 9.17) is 0 Å². The minimum atomic E-state index is 0.736. The van der Waals surface area contributed by atoms with Crippen LogP contribution in [0.3, 0.4) is 0 Å². The maximum absolute atomic E-state index is 2.36. The predicted molar refractivity (Wildman–Crippen MR) is 60.8 cm³/mol. The van der Waals surface area contributed by atoms with Crippen molar-refractivity contribution in [3.8, 4) is 0 Å². The van der Waals surface area contributed by atoms with Gasteiger partial charge in [-0.1, -0.05) is 6.92 Å². The van der Waals surface area contributed by atoms with Crippen LogP contribution in [0.25, 0.3) is 0 Å². The monoisotopic (exact) mass is 186 g/mol. The van der Waals surface area contributed by atoms with Gasteiger partial charge in [0, 0.05) is 0 Å². The zero-order valence-corrected chi connectivity index (χ0v) is 10.6. The summed E-state index contributed by atoms with van der Waals surface area (Å²) in [5.41, 5.74) is 0. The second kappa shape index (κ2) is 4.99. The summed E-state index contributed by atoms with van der Waals surface area (Å²) in [7, 11) is 0. The Kier molecular flexibility index (Phi) is 4.98. The molecule has 0 bridgehead atoms. The minimum Gasteiger partial charge on any atom is -0.318 e. The van der Waals surface area contributed by atoms with Crippen LogP contribution >= 0.6 is 0 Å². The van der Waals surface area contributed by atoms with Crippen LogP contribution in [0.2, 0.25) is 0 Å². The fraction of sp³-hybridized carbons (Fsp3) is 1.00. The van der Waals surface area contributed by atoms with Crippen molar-refractivity contribution in [1.29, 1.82) is 0 Å². The highest BCUT2D eigenvalue weighted by molar-refractivity contribution is 4.58. The van der Waals surface area contributed by atoms with Crippen molar-refractivity contribution >= 4 is 0 Å². The molecule has 0 aromatic carbocycles. The van der Waals surface area contributed by atoms with E-state index in [-0.39, 0.29) is 0 Å². The Morgan fingerprint density at radius 2 is 1.08 bits per heavy atom. The Balaban J connectivity index is 4.82. The van der Waals surface area contributed by atoms with Gasteiger partial charge in [0.15, 0.2) is 0 Å². The molecular weight excluding hydrogens is 158 g/mol. The zero-order chi connectivity index (χ0) is 10.6. The highest BCUT2D eigenvalue weighted by Gasteiger charge is 2.36. The summed E-state index contributed by atoms with van der Waals surface area (Å²) in [5.74, 6) is 0. The van der Waals surface area contributed by atoms with Crippen LogP contribution in [-0.2, 0) is 0 Å². The van der Waals surface area contributed by atoms with Gasteiger partial charge in [-0.25, -0.2) is 0 Å². The molecule has 0 aliphatic heterocycles. The standard InChI is InChI=1S/C12H28N/c1-8-9-13(10(2)3,11(4)5)12(6)7/h10-12H,8-9H2,1-7H3/q+1. The first-order valence-corrected chi connectivity index (χ1v) is 5.76. The average Bonchev–Trinajstić information content (AvgIpc) is 1.97. The van der Waals surface area contributed by atoms with E-state index in [2.05, 4.69) is 48.5 Å². The summed E-state index contributed by atoms with van der Waals surface area (Å²) in [6.07, 6.45) is 1.29. The third kappa shape index (κ3) is 2.46. The first-order chi connectivity index (χ1) is 5.89. The van der Waals surface area contributed by atoms with Crippen molar-refractivity contribution in [2.24, 2.45) is 0 Å². The molecule has 0 unspecified atom stereocenters. The predicted octanol–water partition coefficient (Wildman–Crippen LogP) is 3.44. The average molecular weight is 186 g/mol. The van der Waals surface area contributed by atoms with Crippen LogP contribution in [0.1, 0.15) is 54.9 Å². The molecule has 0 aromatic rings. The quantitative estimate of drug-likeness (QED) is 0.577. The lowest BCUT2D eigenvalue weighted by Gasteiger charge is -2.49. The highest BCUT2D eigenvalue weighted by Crippen LogP contribution is 2.24. The molecule has 1 nitrogen and oxygen atoms in total. The molecule has 80 valence electrons. The fourth-order valence-corrected chi connectivity index (χ4v) is 2.95. The van der Waals surface area contributed by atoms with E-state index < -0.39 is 0 Å². The summed E-state index contributed by atoms with van der Waals surface area (Å²) >= 11 is 0.